The number of aryl methyl sites for hydroxylation is 2. The Hall–Kier alpha value is -3.53. The summed E-state index contributed by atoms with van der Waals surface area (Å²) in [5.74, 6) is -0.912. The highest BCUT2D eigenvalue weighted by Gasteiger charge is 2.44. The van der Waals surface area contributed by atoms with E-state index in [1.54, 1.807) is 32.9 Å². The van der Waals surface area contributed by atoms with Crippen LogP contribution in [0.25, 0.3) is 5.69 Å². The summed E-state index contributed by atoms with van der Waals surface area (Å²) < 4.78 is 43.3. The maximum atomic E-state index is 14.2. The van der Waals surface area contributed by atoms with Crippen LogP contribution in [0, 0.1) is 13.8 Å². The summed E-state index contributed by atoms with van der Waals surface area (Å²) in [6, 6.07) is 8.24. The normalized spacial score (nSPS) is 15.8. The number of carbonyl (C=O) groups is 2. The highest BCUT2D eigenvalue weighted by atomic mass is 35.5. The van der Waals surface area contributed by atoms with Crippen molar-refractivity contribution in [1.29, 1.82) is 0 Å². The minimum absolute atomic E-state index is 0.0924. The molecule has 7 nitrogen and oxygen atoms in total. The average molecular weight is 507 g/mol. The summed E-state index contributed by atoms with van der Waals surface area (Å²) in [6.07, 6.45) is -4.83. The van der Waals surface area contributed by atoms with Gasteiger partial charge < -0.3 is 10.0 Å². The maximum Gasteiger partial charge on any atom is 0.434 e. The quantitative estimate of drug-likeness (QED) is 0.466. The van der Waals surface area contributed by atoms with Crippen molar-refractivity contribution in [3.63, 3.8) is 0 Å². The van der Waals surface area contributed by atoms with Gasteiger partial charge in [0.15, 0.2) is 5.69 Å². The van der Waals surface area contributed by atoms with E-state index in [4.69, 9.17) is 11.6 Å². The third-order valence-corrected chi connectivity index (χ3v) is 6.41. The molecule has 184 valence electrons. The first-order valence-electron chi connectivity index (χ1n) is 10.8. The second-order valence-electron chi connectivity index (χ2n) is 8.35. The van der Waals surface area contributed by atoms with Gasteiger partial charge in [-0.25, -0.2) is 9.48 Å². The molecule has 2 aromatic carbocycles. The van der Waals surface area contributed by atoms with Crippen molar-refractivity contribution in [2.45, 2.75) is 39.4 Å². The molecule has 1 atom stereocenters. The zero-order valence-corrected chi connectivity index (χ0v) is 19.9. The van der Waals surface area contributed by atoms with Crippen LogP contribution in [0.1, 0.15) is 40.5 Å². The monoisotopic (exact) mass is 506 g/mol. The van der Waals surface area contributed by atoms with Crippen LogP contribution in [0.3, 0.4) is 0 Å². The van der Waals surface area contributed by atoms with Crippen LogP contribution in [0.4, 0.5) is 29.3 Å². The van der Waals surface area contributed by atoms with Crippen LogP contribution in [0.5, 0.6) is 0 Å². The highest BCUT2D eigenvalue weighted by molar-refractivity contribution is 6.30. The fourth-order valence-electron chi connectivity index (χ4n) is 4.25. The molecule has 11 heteroatoms. The Balaban J connectivity index is 1.88. The number of carbonyl (C=O) groups excluding carboxylic acids is 1. The first-order valence-corrected chi connectivity index (χ1v) is 11.2. The van der Waals surface area contributed by atoms with E-state index in [2.05, 4.69) is 5.10 Å². The average Bonchev–Trinajstić information content (AvgIpc) is 3.24. The standard InChI is InChI=1S/C24H22ClF3N4O3/c1-4-16-12-30(19-9-13(2)14(3)10-20(19)31(16)23(34)35)22(33)18-11-29-32(21(18)24(26,27)28)17-7-5-15(25)6-8-17/h5-11,16H,4,12H2,1-3H3,(H,34,35). The number of nitrogens with zero attached hydrogens (tertiary/aromatic N) is 4. The third-order valence-electron chi connectivity index (χ3n) is 6.16. The van der Waals surface area contributed by atoms with Gasteiger partial charge in [0.05, 0.1) is 34.9 Å². The van der Waals surface area contributed by atoms with Gasteiger partial charge >= 0.3 is 12.3 Å². The van der Waals surface area contributed by atoms with Gasteiger partial charge in [-0.3, -0.25) is 9.69 Å². The lowest BCUT2D eigenvalue weighted by Crippen LogP contribution is -2.53. The fourth-order valence-corrected chi connectivity index (χ4v) is 4.37. The highest BCUT2D eigenvalue weighted by Crippen LogP contribution is 2.41. The van der Waals surface area contributed by atoms with E-state index in [9.17, 15) is 27.9 Å². The summed E-state index contributed by atoms with van der Waals surface area (Å²) in [4.78, 5) is 28.1. The minimum atomic E-state index is -4.89. The van der Waals surface area contributed by atoms with Gasteiger partial charge in [-0.05, 0) is 67.8 Å². The number of hydrogen-bond donors (Lipinski definition) is 1. The number of anilines is 2. The lowest BCUT2D eigenvalue weighted by atomic mass is 9.99. The van der Waals surface area contributed by atoms with Crippen molar-refractivity contribution in [3.8, 4) is 5.69 Å². The number of benzene rings is 2. The molecule has 1 unspecified atom stereocenters. The lowest BCUT2D eigenvalue weighted by molar-refractivity contribution is -0.143. The predicted octanol–water partition coefficient (Wildman–Crippen LogP) is 6.08. The van der Waals surface area contributed by atoms with Crippen molar-refractivity contribution in [3.05, 3.63) is 70.0 Å². The summed E-state index contributed by atoms with van der Waals surface area (Å²) in [5.41, 5.74) is 0.303. The molecule has 0 fully saturated rings. The number of halogens is 4. The lowest BCUT2D eigenvalue weighted by Gasteiger charge is -2.41. The van der Waals surface area contributed by atoms with Crippen molar-refractivity contribution >= 4 is 35.0 Å². The van der Waals surface area contributed by atoms with Crippen molar-refractivity contribution in [2.24, 2.45) is 0 Å². The van der Waals surface area contributed by atoms with Crippen LogP contribution >= 0.6 is 11.6 Å². The number of carboxylic acid groups (broad SMARTS) is 1. The largest absolute Gasteiger partial charge is 0.465 e. The number of fused-ring (bicyclic) bond motifs is 1. The molecule has 1 aliphatic heterocycles. The summed E-state index contributed by atoms with van der Waals surface area (Å²) in [7, 11) is 0. The second kappa shape index (κ2) is 8.92. The molecule has 2 amide bonds. The summed E-state index contributed by atoms with van der Waals surface area (Å²) in [5, 5.41) is 14.1. The van der Waals surface area contributed by atoms with Gasteiger partial charge in [0, 0.05) is 11.6 Å². The van der Waals surface area contributed by atoms with Gasteiger partial charge in [-0.2, -0.15) is 18.3 Å². The van der Waals surface area contributed by atoms with Crippen molar-refractivity contribution in [1.82, 2.24) is 9.78 Å². The number of aromatic nitrogens is 2. The van der Waals surface area contributed by atoms with E-state index in [1.807, 2.05) is 0 Å². The number of amides is 2. The molecule has 0 saturated heterocycles. The van der Waals surface area contributed by atoms with Crippen molar-refractivity contribution < 1.29 is 27.9 Å². The SMILES string of the molecule is CCC1CN(C(=O)c2cnn(-c3ccc(Cl)cc3)c2C(F)(F)F)c2cc(C)c(C)cc2N1C(=O)O. The van der Waals surface area contributed by atoms with Crippen molar-refractivity contribution in [2.75, 3.05) is 16.3 Å². The topological polar surface area (TPSA) is 78.7 Å². The molecule has 1 N–H and O–H groups in total. The van der Waals surface area contributed by atoms with E-state index < -0.39 is 35.5 Å². The zero-order chi connectivity index (χ0) is 25.7. The Bertz CT molecular complexity index is 1300. The Labute approximate surface area is 204 Å². The molecule has 3 aromatic rings. The molecule has 0 aliphatic carbocycles. The Morgan fingerprint density at radius 3 is 2.26 bits per heavy atom. The summed E-state index contributed by atoms with van der Waals surface area (Å²) in [6.45, 7) is 5.25. The first-order chi connectivity index (χ1) is 16.4. The van der Waals surface area contributed by atoms with Crippen LogP contribution in [-0.4, -0.2) is 39.5 Å². The first kappa shape index (κ1) is 24.6. The molecule has 0 saturated carbocycles. The molecule has 1 aromatic heterocycles. The van der Waals surface area contributed by atoms with Gasteiger partial charge in [0.1, 0.15) is 0 Å². The molecular weight excluding hydrogens is 485 g/mol. The van der Waals surface area contributed by atoms with Gasteiger partial charge in [-0.15, -0.1) is 0 Å². The molecule has 4 rings (SSSR count). The maximum absolute atomic E-state index is 14.2. The molecule has 2 heterocycles. The van der Waals surface area contributed by atoms with Crippen LogP contribution < -0.4 is 9.80 Å². The Morgan fingerprint density at radius 1 is 1.11 bits per heavy atom. The smallest absolute Gasteiger partial charge is 0.434 e. The molecule has 35 heavy (non-hydrogen) atoms. The predicted molar refractivity (Wildman–Crippen MR) is 126 cm³/mol. The van der Waals surface area contributed by atoms with E-state index in [0.717, 1.165) is 17.3 Å². The number of alkyl halides is 3. The molecular formula is C24H22ClF3N4O3. The Morgan fingerprint density at radius 2 is 1.71 bits per heavy atom. The van der Waals surface area contributed by atoms with Crippen LogP contribution in [0.2, 0.25) is 5.02 Å². The van der Waals surface area contributed by atoms with E-state index in [1.165, 1.54) is 34.1 Å². The number of rotatable bonds is 3. The molecule has 0 radical (unpaired) electrons. The zero-order valence-electron chi connectivity index (χ0n) is 19.1. The number of hydrogen-bond acceptors (Lipinski definition) is 3. The third kappa shape index (κ3) is 4.34. The molecule has 0 spiro atoms. The van der Waals surface area contributed by atoms with Gasteiger partial charge in [0.25, 0.3) is 5.91 Å². The van der Waals surface area contributed by atoms with Crippen LogP contribution in [0.15, 0.2) is 42.6 Å². The minimum Gasteiger partial charge on any atom is -0.465 e. The molecule has 0 bridgehead atoms. The van der Waals surface area contributed by atoms with E-state index >= 15 is 0 Å². The van der Waals surface area contributed by atoms with Crippen LogP contribution in [-0.2, 0) is 6.18 Å². The fraction of sp³-hybridized carbons (Fsp3) is 0.292. The van der Waals surface area contributed by atoms with E-state index in [0.29, 0.717) is 16.1 Å². The summed E-state index contributed by atoms with van der Waals surface area (Å²) >= 11 is 5.86. The molecule has 1 aliphatic rings. The van der Waals surface area contributed by atoms with Gasteiger partial charge in [0.2, 0.25) is 0 Å². The van der Waals surface area contributed by atoms with E-state index in [-0.39, 0.29) is 23.6 Å². The van der Waals surface area contributed by atoms with Gasteiger partial charge in [-0.1, -0.05) is 18.5 Å². The second-order valence-corrected chi connectivity index (χ2v) is 8.78. The Kier molecular flexibility index (Phi) is 6.27.